The van der Waals surface area contributed by atoms with Crippen molar-refractivity contribution in [3.63, 3.8) is 0 Å². The highest BCUT2D eigenvalue weighted by molar-refractivity contribution is 6.32. The van der Waals surface area contributed by atoms with E-state index in [0.717, 1.165) is 19.5 Å². The van der Waals surface area contributed by atoms with Crippen LogP contribution in [0.3, 0.4) is 0 Å². The predicted molar refractivity (Wildman–Crippen MR) is 69.0 cm³/mol. The van der Waals surface area contributed by atoms with Crippen molar-refractivity contribution < 1.29 is 14.3 Å². The molecule has 1 rings (SSSR count). The third-order valence-corrected chi connectivity index (χ3v) is 3.66. The van der Waals surface area contributed by atoms with Crippen LogP contribution in [0.2, 0.25) is 0 Å². The van der Waals surface area contributed by atoms with Crippen LogP contribution in [0.1, 0.15) is 27.2 Å². The third-order valence-electron chi connectivity index (χ3n) is 3.66. The number of likely N-dealkylation sites (tertiary alicyclic amines) is 1. The van der Waals surface area contributed by atoms with E-state index in [4.69, 9.17) is 0 Å². The Kier molecular flexibility index (Phi) is 5.14. The van der Waals surface area contributed by atoms with Gasteiger partial charge in [0.1, 0.15) is 0 Å². The zero-order valence-electron chi connectivity index (χ0n) is 11.8. The third kappa shape index (κ3) is 3.98. The topological polar surface area (TPSA) is 58.6 Å². The first-order valence-corrected chi connectivity index (χ1v) is 6.50. The van der Waals surface area contributed by atoms with Gasteiger partial charge in [-0.3, -0.25) is 4.79 Å². The monoisotopic (exact) mass is 256 g/mol. The fraction of sp³-hybridized carbons (Fsp3) is 0.846. The summed E-state index contributed by atoms with van der Waals surface area (Å²) in [6.07, 6.45) is 1.14. The highest BCUT2D eigenvalue weighted by atomic mass is 16.5. The number of ether oxygens (including phenoxy) is 1. The van der Waals surface area contributed by atoms with Crippen molar-refractivity contribution in [3.8, 4) is 0 Å². The number of nitrogens with zero attached hydrogens (tertiary/aromatic N) is 1. The molecule has 0 aromatic heterocycles. The second-order valence-electron chi connectivity index (χ2n) is 5.64. The molecule has 0 radical (unpaired) electrons. The van der Waals surface area contributed by atoms with Crippen molar-refractivity contribution in [3.05, 3.63) is 0 Å². The first-order valence-electron chi connectivity index (χ1n) is 6.50. The lowest BCUT2D eigenvalue weighted by atomic mass is 9.78. The van der Waals surface area contributed by atoms with Gasteiger partial charge in [0.15, 0.2) is 0 Å². The first-order chi connectivity index (χ1) is 8.36. The van der Waals surface area contributed by atoms with Crippen LogP contribution in [0, 0.1) is 11.3 Å². The molecule has 1 atom stereocenters. The summed E-state index contributed by atoms with van der Waals surface area (Å²) in [4.78, 5) is 24.9. The maximum atomic E-state index is 11.5. The lowest BCUT2D eigenvalue weighted by Crippen LogP contribution is -2.42. The van der Waals surface area contributed by atoms with Crippen LogP contribution in [-0.2, 0) is 14.3 Å². The van der Waals surface area contributed by atoms with Gasteiger partial charge in [0.05, 0.1) is 6.61 Å². The average Bonchev–Trinajstić information content (AvgIpc) is 2.74. The molecule has 0 aromatic carbocycles. The lowest BCUT2D eigenvalue weighted by molar-refractivity contribution is -0.154. The quantitative estimate of drug-likeness (QED) is 0.592. The van der Waals surface area contributed by atoms with Gasteiger partial charge in [-0.15, -0.1) is 0 Å². The molecule has 1 amide bonds. The summed E-state index contributed by atoms with van der Waals surface area (Å²) in [5.41, 5.74) is -0.00703. The highest BCUT2D eigenvalue weighted by Gasteiger charge is 2.34. The Balaban J connectivity index is 2.41. The van der Waals surface area contributed by atoms with Gasteiger partial charge in [0, 0.05) is 13.1 Å². The van der Waals surface area contributed by atoms with Crippen LogP contribution in [0.15, 0.2) is 0 Å². The molecule has 18 heavy (non-hydrogen) atoms. The lowest BCUT2D eigenvalue weighted by Gasteiger charge is -2.31. The number of rotatable bonds is 4. The summed E-state index contributed by atoms with van der Waals surface area (Å²) < 4.78 is 4.65. The van der Waals surface area contributed by atoms with Crippen molar-refractivity contribution in [2.75, 3.05) is 33.3 Å². The molecule has 5 nitrogen and oxygen atoms in total. The van der Waals surface area contributed by atoms with Crippen LogP contribution in [0.25, 0.3) is 0 Å². The summed E-state index contributed by atoms with van der Waals surface area (Å²) in [5, 5.41) is 2.67. The summed E-state index contributed by atoms with van der Waals surface area (Å²) in [6, 6.07) is 0. The van der Waals surface area contributed by atoms with Gasteiger partial charge in [-0.2, -0.15) is 0 Å². The van der Waals surface area contributed by atoms with Crippen molar-refractivity contribution in [1.29, 1.82) is 0 Å². The van der Waals surface area contributed by atoms with E-state index in [0.29, 0.717) is 12.5 Å². The molecule has 5 heteroatoms. The average molecular weight is 256 g/mol. The second-order valence-corrected chi connectivity index (χ2v) is 5.64. The van der Waals surface area contributed by atoms with Crippen LogP contribution >= 0.6 is 0 Å². The molecule has 0 aliphatic carbocycles. The van der Waals surface area contributed by atoms with E-state index in [1.54, 1.807) is 6.92 Å². The molecule has 1 saturated heterocycles. The summed E-state index contributed by atoms with van der Waals surface area (Å²) >= 11 is 0. The van der Waals surface area contributed by atoms with E-state index in [2.05, 4.69) is 35.8 Å². The number of esters is 1. The Labute approximate surface area is 109 Å². The van der Waals surface area contributed by atoms with Gasteiger partial charge in [0.25, 0.3) is 0 Å². The summed E-state index contributed by atoms with van der Waals surface area (Å²) in [7, 11) is 2.10. The maximum absolute atomic E-state index is 11.5. The zero-order chi connectivity index (χ0) is 13.8. The van der Waals surface area contributed by atoms with E-state index in [-0.39, 0.29) is 12.0 Å². The first kappa shape index (κ1) is 15.0. The Morgan fingerprint density at radius 3 is 2.61 bits per heavy atom. The largest absolute Gasteiger partial charge is 0.459 e. The summed E-state index contributed by atoms with van der Waals surface area (Å²) in [6.45, 7) is 8.81. The van der Waals surface area contributed by atoms with Gasteiger partial charge >= 0.3 is 11.9 Å². The molecule has 0 bridgehead atoms. The molecule has 0 saturated carbocycles. The minimum atomic E-state index is -0.795. The number of nitrogens with one attached hydrogen (secondary N) is 1. The number of hydrogen-bond acceptors (Lipinski definition) is 4. The van der Waals surface area contributed by atoms with E-state index in [1.807, 2.05) is 0 Å². The number of amides is 1. The van der Waals surface area contributed by atoms with E-state index in [1.165, 1.54) is 0 Å². The molecular formula is C13H24N2O3. The minimum absolute atomic E-state index is 0.00703. The standard InChI is InChI=1S/C13H24N2O3/c1-5-18-12(17)11(16)14-9-13(2,3)10-6-7-15(4)8-10/h10H,5-9H2,1-4H3,(H,14,16). The molecule has 1 N–H and O–H groups in total. The Hall–Kier alpha value is -1.10. The van der Waals surface area contributed by atoms with Gasteiger partial charge < -0.3 is 15.0 Å². The number of carbonyl (C=O) groups is 2. The fourth-order valence-electron chi connectivity index (χ4n) is 2.29. The van der Waals surface area contributed by atoms with E-state index < -0.39 is 11.9 Å². The minimum Gasteiger partial charge on any atom is -0.459 e. The molecule has 1 aliphatic rings. The Bertz CT molecular complexity index is 315. The van der Waals surface area contributed by atoms with E-state index in [9.17, 15) is 9.59 Å². The van der Waals surface area contributed by atoms with Crippen LogP contribution in [-0.4, -0.2) is 50.1 Å². The highest BCUT2D eigenvalue weighted by Crippen LogP contribution is 2.33. The predicted octanol–water partition coefficient (Wildman–Crippen LogP) is 0.644. The molecule has 0 spiro atoms. The molecule has 1 aliphatic heterocycles. The number of hydrogen-bond donors (Lipinski definition) is 1. The molecule has 1 fully saturated rings. The van der Waals surface area contributed by atoms with Crippen LogP contribution in [0.4, 0.5) is 0 Å². The SMILES string of the molecule is CCOC(=O)C(=O)NCC(C)(C)C1CCN(C)C1. The number of carbonyl (C=O) groups excluding carboxylic acids is 2. The Morgan fingerprint density at radius 1 is 1.44 bits per heavy atom. The van der Waals surface area contributed by atoms with Gasteiger partial charge in [-0.25, -0.2) is 4.79 Å². The van der Waals surface area contributed by atoms with Crippen molar-refractivity contribution in [2.45, 2.75) is 27.2 Å². The molecule has 104 valence electrons. The fourth-order valence-corrected chi connectivity index (χ4v) is 2.29. The van der Waals surface area contributed by atoms with Crippen LogP contribution in [0.5, 0.6) is 0 Å². The van der Waals surface area contributed by atoms with Crippen molar-refractivity contribution in [1.82, 2.24) is 10.2 Å². The van der Waals surface area contributed by atoms with Crippen LogP contribution < -0.4 is 5.32 Å². The molecule has 0 aromatic rings. The summed E-state index contributed by atoms with van der Waals surface area (Å²) in [5.74, 6) is -0.891. The van der Waals surface area contributed by atoms with Gasteiger partial charge in [-0.1, -0.05) is 13.8 Å². The normalized spacial score (nSPS) is 20.8. The molecular weight excluding hydrogens is 232 g/mol. The molecule has 1 heterocycles. The zero-order valence-corrected chi connectivity index (χ0v) is 11.8. The maximum Gasteiger partial charge on any atom is 0.396 e. The molecule has 1 unspecified atom stereocenters. The van der Waals surface area contributed by atoms with Crippen molar-refractivity contribution in [2.24, 2.45) is 11.3 Å². The van der Waals surface area contributed by atoms with Crippen molar-refractivity contribution >= 4 is 11.9 Å². The Morgan fingerprint density at radius 2 is 2.11 bits per heavy atom. The van der Waals surface area contributed by atoms with Gasteiger partial charge in [-0.05, 0) is 38.3 Å². The van der Waals surface area contributed by atoms with E-state index >= 15 is 0 Å². The second kappa shape index (κ2) is 6.18. The smallest absolute Gasteiger partial charge is 0.396 e. The van der Waals surface area contributed by atoms with Gasteiger partial charge in [0.2, 0.25) is 0 Å².